The van der Waals surface area contributed by atoms with Crippen molar-refractivity contribution in [3.63, 3.8) is 0 Å². The Morgan fingerprint density at radius 3 is 2.72 bits per heavy atom. The van der Waals surface area contributed by atoms with Crippen molar-refractivity contribution in [3.05, 3.63) is 42.9 Å². The lowest BCUT2D eigenvalue weighted by Crippen LogP contribution is -2.01. The number of hydrogen-bond donors (Lipinski definition) is 2. The molecule has 90 valence electrons. The molecule has 0 aliphatic heterocycles. The molecule has 18 heavy (non-hydrogen) atoms. The molecule has 0 aliphatic rings. The molecule has 0 saturated carbocycles. The third-order valence-corrected chi connectivity index (χ3v) is 2.89. The average Bonchev–Trinajstić information content (AvgIpc) is 2.84. The summed E-state index contributed by atoms with van der Waals surface area (Å²) in [5.41, 5.74) is 3.28. The van der Waals surface area contributed by atoms with E-state index in [1.165, 1.54) is 5.39 Å². The Morgan fingerprint density at radius 2 is 1.94 bits per heavy atom. The second-order valence-electron chi connectivity index (χ2n) is 4.07. The summed E-state index contributed by atoms with van der Waals surface area (Å²) >= 11 is 0. The normalized spacial score (nSPS) is 10.7. The van der Waals surface area contributed by atoms with Crippen molar-refractivity contribution < 1.29 is 0 Å². The summed E-state index contributed by atoms with van der Waals surface area (Å²) in [6, 6.07) is 8.22. The van der Waals surface area contributed by atoms with Gasteiger partial charge in [-0.05, 0) is 13.0 Å². The van der Waals surface area contributed by atoms with Gasteiger partial charge in [-0.2, -0.15) is 0 Å². The SMILES string of the molecule is CCNc1ncc(-c2c[nH]c3ccccc23)cn1. The lowest BCUT2D eigenvalue weighted by atomic mass is 10.1. The van der Waals surface area contributed by atoms with Gasteiger partial charge in [0, 0.05) is 47.2 Å². The van der Waals surface area contributed by atoms with Crippen molar-refractivity contribution in [1.29, 1.82) is 0 Å². The zero-order valence-electron chi connectivity index (χ0n) is 10.1. The number of para-hydroxylation sites is 1. The van der Waals surface area contributed by atoms with Crippen molar-refractivity contribution in [2.45, 2.75) is 6.92 Å². The van der Waals surface area contributed by atoms with Crippen LogP contribution < -0.4 is 5.32 Å². The number of hydrogen-bond acceptors (Lipinski definition) is 3. The van der Waals surface area contributed by atoms with Gasteiger partial charge in [0.25, 0.3) is 0 Å². The number of H-pyrrole nitrogens is 1. The Hall–Kier alpha value is -2.36. The maximum absolute atomic E-state index is 4.30. The number of benzene rings is 1. The molecular weight excluding hydrogens is 224 g/mol. The molecule has 0 amide bonds. The van der Waals surface area contributed by atoms with Gasteiger partial charge in [-0.1, -0.05) is 18.2 Å². The summed E-state index contributed by atoms with van der Waals surface area (Å²) in [5, 5.41) is 4.28. The van der Waals surface area contributed by atoms with Crippen molar-refractivity contribution in [1.82, 2.24) is 15.0 Å². The van der Waals surface area contributed by atoms with E-state index in [0.717, 1.165) is 23.2 Å². The molecule has 2 heterocycles. The summed E-state index contributed by atoms with van der Waals surface area (Å²) in [5.74, 6) is 0.668. The molecule has 0 aliphatic carbocycles. The summed E-state index contributed by atoms with van der Waals surface area (Å²) in [4.78, 5) is 11.8. The van der Waals surface area contributed by atoms with E-state index < -0.39 is 0 Å². The first-order valence-electron chi connectivity index (χ1n) is 6.01. The van der Waals surface area contributed by atoms with Gasteiger partial charge < -0.3 is 10.3 Å². The second-order valence-corrected chi connectivity index (χ2v) is 4.07. The molecule has 2 aromatic heterocycles. The topological polar surface area (TPSA) is 53.6 Å². The minimum atomic E-state index is 0.668. The highest BCUT2D eigenvalue weighted by Gasteiger charge is 2.06. The zero-order chi connectivity index (χ0) is 12.4. The Balaban J connectivity index is 2.03. The van der Waals surface area contributed by atoms with Crippen LogP contribution in [0.15, 0.2) is 42.9 Å². The number of aromatic amines is 1. The summed E-state index contributed by atoms with van der Waals surface area (Å²) < 4.78 is 0. The highest BCUT2D eigenvalue weighted by Crippen LogP contribution is 2.27. The third-order valence-electron chi connectivity index (χ3n) is 2.89. The van der Waals surface area contributed by atoms with Crippen LogP contribution >= 0.6 is 0 Å². The summed E-state index contributed by atoms with van der Waals surface area (Å²) in [6.07, 6.45) is 5.69. The van der Waals surface area contributed by atoms with E-state index in [9.17, 15) is 0 Å². The van der Waals surface area contributed by atoms with Crippen LogP contribution in [0.1, 0.15) is 6.92 Å². The Bertz CT molecular complexity index is 655. The van der Waals surface area contributed by atoms with Crippen LogP contribution in [0.2, 0.25) is 0 Å². The Labute approximate surface area is 105 Å². The molecular formula is C14H14N4. The van der Waals surface area contributed by atoms with E-state index in [2.05, 4.69) is 32.4 Å². The quantitative estimate of drug-likeness (QED) is 0.737. The van der Waals surface area contributed by atoms with E-state index in [1.807, 2.05) is 37.6 Å². The molecule has 3 aromatic rings. The van der Waals surface area contributed by atoms with Crippen LogP contribution in [-0.4, -0.2) is 21.5 Å². The summed E-state index contributed by atoms with van der Waals surface area (Å²) in [7, 11) is 0. The number of anilines is 1. The molecule has 0 saturated heterocycles. The number of rotatable bonds is 3. The smallest absolute Gasteiger partial charge is 0.222 e. The zero-order valence-corrected chi connectivity index (χ0v) is 10.1. The second kappa shape index (κ2) is 4.49. The van der Waals surface area contributed by atoms with Crippen LogP contribution in [0, 0.1) is 0 Å². The van der Waals surface area contributed by atoms with Gasteiger partial charge in [0.2, 0.25) is 5.95 Å². The van der Waals surface area contributed by atoms with Crippen LogP contribution in [0.25, 0.3) is 22.0 Å². The number of nitrogens with zero attached hydrogens (tertiary/aromatic N) is 2. The third kappa shape index (κ3) is 1.82. The fraction of sp³-hybridized carbons (Fsp3) is 0.143. The predicted octanol–water partition coefficient (Wildman–Crippen LogP) is 3.06. The molecule has 0 atom stereocenters. The molecule has 0 bridgehead atoms. The molecule has 4 heteroatoms. The van der Waals surface area contributed by atoms with Gasteiger partial charge in [0.05, 0.1) is 0 Å². The van der Waals surface area contributed by atoms with Crippen molar-refractivity contribution >= 4 is 16.9 Å². The molecule has 1 aromatic carbocycles. The van der Waals surface area contributed by atoms with Gasteiger partial charge in [-0.3, -0.25) is 0 Å². The maximum Gasteiger partial charge on any atom is 0.222 e. The largest absolute Gasteiger partial charge is 0.361 e. The van der Waals surface area contributed by atoms with Gasteiger partial charge >= 0.3 is 0 Å². The maximum atomic E-state index is 4.30. The van der Waals surface area contributed by atoms with Crippen LogP contribution in [-0.2, 0) is 0 Å². The minimum Gasteiger partial charge on any atom is -0.361 e. The number of aromatic nitrogens is 3. The molecule has 0 radical (unpaired) electrons. The van der Waals surface area contributed by atoms with Crippen molar-refractivity contribution in [3.8, 4) is 11.1 Å². The van der Waals surface area contributed by atoms with E-state index >= 15 is 0 Å². The molecule has 4 nitrogen and oxygen atoms in total. The highest BCUT2D eigenvalue weighted by molar-refractivity contribution is 5.95. The van der Waals surface area contributed by atoms with Crippen LogP contribution in [0.5, 0.6) is 0 Å². The van der Waals surface area contributed by atoms with E-state index in [1.54, 1.807) is 0 Å². The first kappa shape index (κ1) is 10.8. The monoisotopic (exact) mass is 238 g/mol. The predicted molar refractivity (Wildman–Crippen MR) is 73.5 cm³/mol. The molecule has 2 N–H and O–H groups in total. The lowest BCUT2D eigenvalue weighted by Gasteiger charge is -2.02. The molecule has 0 fully saturated rings. The fourth-order valence-corrected chi connectivity index (χ4v) is 2.03. The summed E-state index contributed by atoms with van der Waals surface area (Å²) in [6.45, 7) is 2.85. The average molecular weight is 238 g/mol. The highest BCUT2D eigenvalue weighted by atomic mass is 15.1. The first-order chi connectivity index (χ1) is 8.88. The van der Waals surface area contributed by atoms with Gasteiger partial charge in [0.1, 0.15) is 0 Å². The molecule has 3 rings (SSSR count). The molecule has 0 spiro atoms. The van der Waals surface area contributed by atoms with Gasteiger partial charge in [0.15, 0.2) is 0 Å². The Kier molecular flexibility index (Phi) is 2.68. The standard InChI is InChI=1S/C14H14N4/c1-2-15-14-17-7-10(8-18-14)12-9-16-13-6-4-3-5-11(12)13/h3-9,16H,2H2,1H3,(H,15,17,18). The van der Waals surface area contributed by atoms with Gasteiger partial charge in [-0.25, -0.2) is 9.97 Å². The van der Waals surface area contributed by atoms with E-state index in [-0.39, 0.29) is 0 Å². The van der Waals surface area contributed by atoms with Crippen molar-refractivity contribution in [2.24, 2.45) is 0 Å². The van der Waals surface area contributed by atoms with E-state index in [4.69, 9.17) is 0 Å². The van der Waals surface area contributed by atoms with Crippen LogP contribution in [0.4, 0.5) is 5.95 Å². The first-order valence-corrected chi connectivity index (χ1v) is 6.01. The molecule has 0 unspecified atom stereocenters. The Morgan fingerprint density at radius 1 is 1.17 bits per heavy atom. The number of nitrogens with one attached hydrogen (secondary N) is 2. The van der Waals surface area contributed by atoms with Gasteiger partial charge in [-0.15, -0.1) is 0 Å². The van der Waals surface area contributed by atoms with Crippen LogP contribution in [0.3, 0.4) is 0 Å². The minimum absolute atomic E-state index is 0.668. The lowest BCUT2D eigenvalue weighted by molar-refractivity contribution is 1.09. The fourth-order valence-electron chi connectivity index (χ4n) is 2.03. The van der Waals surface area contributed by atoms with Crippen molar-refractivity contribution in [2.75, 3.05) is 11.9 Å². The van der Waals surface area contributed by atoms with E-state index in [0.29, 0.717) is 5.95 Å². The number of fused-ring (bicyclic) bond motifs is 1.